The van der Waals surface area contributed by atoms with Gasteiger partial charge in [0, 0.05) is 12.1 Å². The van der Waals surface area contributed by atoms with Crippen LogP contribution in [0.25, 0.3) is 11.2 Å². The summed E-state index contributed by atoms with van der Waals surface area (Å²) in [5.74, 6) is 1.71. The number of benzene rings is 4. The van der Waals surface area contributed by atoms with Crippen molar-refractivity contribution in [2.45, 2.75) is 126 Å². The number of ether oxygens (including phenoxy) is 5. The molecule has 0 radical (unpaired) electrons. The number of methoxy groups -OCH3 is 2. The SMILES string of the molecule is CCCCCCCCCCCCCCCCN(C(=O)c1ccccc1)c1ncnc2c1ncn2[C@@H]1O[C@@]2(COC(c3ccccc3)(c3ccc(OC)cc3)c3ccc(OC)cc3)COC1C2O. The summed E-state index contributed by atoms with van der Waals surface area (Å²) in [4.78, 5) is 30.2. The van der Waals surface area contributed by atoms with Crippen molar-refractivity contribution in [3.63, 3.8) is 0 Å². The Balaban J connectivity index is 0.997. The molecule has 0 spiro atoms. The maximum Gasteiger partial charge on any atom is 0.259 e. The molecule has 2 fully saturated rings. The number of carbonyl (C=O) groups is 1. The Kier molecular flexibility index (Phi) is 16.3. The van der Waals surface area contributed by atoms with Crippen molar-refractivity contribution < 1.29 is 33.6 Å². The first-order chi connectivity index (χ1) is 32.9. The van der Waals surface area contributed by atoms with E-state index in [1.165, 1.54) is 77.0 Å². The highest BCUT2D eigenvalue weighted by Gasteiger charge is 2.63. The van der Waals surface area contributed by atoms with Crippen LogP contribution in [0.4, 0.5) is 5.82 Å². The number of nitrogens with zero attached hydrogens (tertiary/aromatic N) is 5. The van der Waals surface area contributed by atoms with Crippen LogP contribution >= 0.6 is 0 Å². The molecule has 354 valence electrons. The minimum atomic E-state index is -1.25. The van der Waals surface area contributed by atoms with E-state index in [1.807, 2.05) is 109 Å². The van der Waals surface area contributed by atoms with Crippen LogP contribution in [0, 0.1) is 0 Å². The van der Waals surface area contributed by atoms with Gasteiger partial charge >= 0.3 is 0 Å². The number of unbranched alkanes of at least 4 members (excludes halogenated alkanes) is 13. The molecule has 2 aromatic heterocycles. The van der Waals surface area contributed by atoms with E-state index in [1.54, 1.807) is 30.0 Å². The van der Waals surface area contributed by atoms with Crippen molar-refractivity contribution in [1.29, 1.82) is 0 Å². The second kappa shape index (κ2) is 22.9. The zero-order chi connectivity index (χ0) is 46.5. The standard InChI is InChI=1S/C55H67N5O7/c1-4-5-6-7-8-9-10-11-12-13-14-15-16-23-36-59(52(62)41-24-19-17-20-25-41)50-47-51(57-39-56-50)60(40-58-47)53-48-49(61)54(67-53,37-65-48)38-66-55(42-26-21-18-22-27-42,43-28-32-45(63-2)33-29-43)44-30-34-46(64-3)35-31-44/h17-22,24-35,39-40,48-49,53,61H,4-16,23,36-38H2,1-3H3/t48?,49?,53-,54-/m1/s1. The number of amides is 1. The second-order valence-electron chi connectivity index (χ2n) is 18.0. The topological polar surface area (TPSA) is 130 Å². The van der Waals surface area contributed by atoms with Gasteiger partial charge in [0.05, 0.1) is 33.8 Å². The van der Waals surface area contributed by atoms with E-state index in [9.17, 15) is 9.90 Å². The first kappa shape index (κ1) is 47.8. The zero-order valence-corrected chi connectivity index (χ0v) is 39.4. The number of fused-ring (bicyclic) bond motifs is 3. The van der Waals surface area contributed by atoms with Crippen LogP contribution in [0.3, 0.4) is 0 Å². The van der Waals surface area contributed by atoms with Crippen molar-refractivity contribution >= 4 is 22.9 Å². The summed E-state index contributed by atoms with van der Waals surface area (Å²) in [6, 6.07) is 35.0. The van der Waals surface area contributed by atoms with Gasteiger partial charge in [0.15, 0.2) is 23.2 Å². The first-order valence-electron chi connectivity index (χ1n) is 24.4. The fourth-order valence-electron chi connectivity index (χ4n) is 9.77. The Morgan fingerprint density at radius 3 is 1.82 bits per heavy atom. The number of aliphatic hydroxyl groups is 1. The molecule has 1 N–H and O–H groups in total. The molecule has 0 saturated carbocycles. The molecule has 4 aromatic carbocycles. The van der Waals surface area contributed by atoms with Crippen LogP contribution in [0.1, 0.15) is 130 Å². The van der Waals surface area contributed by atoms with E-state index in [0.29, 0.717) is 40.6 Å². The van der Waals surface area contributed by atoms with E-state index >= 15 is 0 Å². The summed E-state index contributed by atoms with van der Waals surface area (Å²) >= 11 is 0. The Hall–Kier alpha value is -5.66. The number of anilines is 1. The lowest BCUT2D eigenvalue weighted by atomic mass is 9.79. The number of imidazole rings is 1. The van der Waals surface area contributed by atoms with Crippen molar-refractivity contribution in [3.05, 3.63) is 144 Å². The predicted octanol–water partition coefficient (Wildman–Crippen LogP) is 11.0. The molecule has 2 aliphatic heterocycles. The molecule has 1 amide bonds. The minimum Gasteiger partial charge on any atom is -0.497 e. The average Bonchev–Trinajstić information content (AvgIpc) is 4.04. The molecule has 2 unspecified atom stereocenters. The van der Waals surface area contributed by atoms with Crippen molar-refractivity contribution in [3.8, 4) is 11.5 Å². The normalized spacial score (nSPS) is 19.0. The molecule has 8 rings (SSSR count). The minimum absolute atomic E-state index is 0.0282. The van der Waals surface area contributed by atoms with Gasteiger partial charge in [-0.25, -0.2) is 15.0 Å². The lowest BCUT2D eigenvalue weighted by Crippen LogP contribution is -2.48. The largest absolute Gasteiger partial charge is 0.497 e. The first-order valence-corrected chi connectivity index (χ1v) is 24.4. The quantitative estimate of drug-likeness (QED) is 0.0415. The molecule has 4 heterocycles. The van der Waals surface area contributed by atoms with E-state index in [2.05, 4.69) is 16.9 Å². The molecule has 12 heteroatoms. The van der Waals surface area contributed by atoms with Crippen LogP contribution < -0.4 is 14.4 Å². The van der Waals surface area contributed by atoms with Gasteiger partial charge in [-0.05, 0) is 59.5 Å². The summed E-state index contributed by atoms with van der Waals surface area (Å²) in [6.07, 6.45) is 18.0. The fraction of sp³-hybridized carbons (Fsp3) is 0.455. The number of aromatic nitrogens is 4. The van der Waals surface area contributed by atoms with Crippen molar-refractivity contribution in [2.75, 3.05) is 38.9 Å². The Morgan fingerprint density at radius 1 is 0.716 bits per heavy atom. The molecule has 67 heavy (non-hydrogen) atoms. The molecular weight excluding hydrogens is 843 g/mol. The number of carbonyl (C=O) groups excluding carboxylic acids is 1. The molecule has 6 aromatic rings. The molecular formula is C55H67N5O7. The zero-order valence-electron chi connectivity index (χ0n) is 39.4. The maximum absolute atomic E-state index is 14.3. The summed E-state index contributed by atoms with van der Waals surface area (Å²) in [7, 11) is 3.28. The van der Waals surface area contributed by atoms with E-state index in [-0.39, 0.29) is 19.1 Å². The van der Waals surface area contributed by atoms with Crippen molar-refractivity contribution in [1.82, 2.24) is 19.5 Å². The van der Waals surface area contributed by atoms with Gasteiger partial charge < -0.3 is 28.8 Å². The van der Waals surface area contributed by atoms with Crippen molar-refractivity contribution in [2.24, 2.45) is 0 Å². The highest BCUT2D eigenvalue weighted by molar-refractivity contribution is 6.08. The lowest BCUT2D eigenvalue weighted by molar-refractivity contribution is -0.202. The summed E-state index contributed by atoms with van der Waals surface area (Å²) < 4.78 is 33.4. The van der Waals surface area contributed by atoms with Gasteiger partial charge in [-0.15, -0.1) is 0 Å². The summed E-state index contributed by atoms with van der Waals surface area (Å²) in [6.45, 7) is 2.84. The van der Waals surface area contributed by atoms with Crippen LogP contribution in [0.5, 0.6) is 11.5 Å². The van der Waals surface area contributed by atoms with Crippen LogP contribution in [0.15, 0.2) is 122 Å². The third-order valence-electron chi connectivity index (χ3n) is 13.6. The van der Waals surface area contributed by atoms with Gasteiger partial charge in [0.2, 0.25) is 0 Å². The van der Waals surface area contributed by atoms with Gasteiger partial charge in [-0.2, -0.15) is 0 Å². The smallest absolute Gasteiger partial charge is 0.259 e. The third-order valence-corrected chi connectivity index (χ3v) is 13.6. The number of rotatable bonds is 26. The maximum atomic E-state index is 14.3. The highest BCUT2D eigenvalue weighted by atomic mass is 16.7. The molecule has 0 aliphatic carbocycles. The summed E-state index contributed by atoms with van der Waals surface area (Å²) in [5.41, 5.74) is 1.72. The predicted molar refractivity (Wildman–Crippen MR) is 261 cm³/mol. The monoisotopic (exact) mass is 910 g/mol. The van der Waals surface area contributed by atoms with Gasteiger partial charge in [-0.3, -0.25) is 14.3 Å². The molecule has 12 nitrogen and oxygen atoms in total. The lowest BCUT2D eigenvalue weighted by Gasteiger charge is -2.39. The average molecular weight is 910 g/mol. The van der Waals surface area contributed by atoms with E-state index in [0.717, 1.165) is 36.0 Å². The molecule has 2 saturated heterocycles. The van der Waals surface area contributed by atoms with Crippen LogP contribution in [-0.2, 0) is 19.8 Å². The number of hydrogen-bond donors (Lipinski definition) is 1. The fourth-order valence-corrected chi connectivity index (χ4v) is 9.77. The third kappa shape index (κ3) is 10.6. The Morgan fingerprint density at radius 2 is 1.25 bits per heavy atom. The van der Waals surface area contributed by atoms with Gasteiger partial charge in [0.25, 0.3) is 5.91 Å². The van der Waals surface area contributed by atoms with Crippen LogP contribution in [-0.4, -0.2) is 82.3 Å². The van der Waals surface area contributed by atoms with Gasteiger partial charge in [0.1, 0.15) is 41.2 Å². The molecule has 2 bridgehead atoms. The van der Waals surface area contributed by atoms with E-state index in [4.69, 9.17) is 28.7 Å². The van der Waals surface area contributed by atoms with E-state index < -0.39 is 29.6 Å². The highest BCUT2D eigenvalue weighted by Crippen LogP contribution is 2.49. The molecule has 4 atom stereocenters. The second-order valence-corrected chi connectivity index (χ2v) is 18.0. The number of hydrogen-bond acceptors (Lipinski definition) is 10. The van der Waals surface area contributed by atoms with Gasteiger partial charge in [-0.1, -0.05) is 163 Å². The Labute approximate surface area is 395 Å². The van der Waals surface area contributed by atoms with Crippen LogP contribution in [0.2, 0.25) is 0 Å². The summed E-state index contributed by atoms with van der Waals surface area (Å²) in [5, 5.41) is 12.1. The number of aliphatic hydroxyl groups excluding tert-OH is 1. The molecule has 2 aliphatic rings. The Bertz CT molecular complexity index is 2400.